The third-order valence-corrected chi connectivity index (χ3v) is 5.54. The van der Waals surface area contributed by atoms with Crippen LogP contribution in [0, 0.1) is 5.41 Å². The quantitative estimate of drug-likeness (QED) is 0.804. The molecule has 1 aliphatic carbocycles. The number of aliphatic carboxylic acids is 1. The number of sulfone groups is 1. The molecule has 0 amide bonds. The summed E-state index contributed by atoms with van der Waals surface area (Å²) in [7, 11) is -3.59. The predicted octanol–water partition coefficient (Wildman–Crippen LogP) is 0.262. The number of benzene rings is 1. The van der Waals surface area contributed by atoms with E-state index < -0.39 is 26.5 Å². The molecule has 0 aliphatic heterocycles. The molecule has 1 aliphatic rings. The van der Waals surface area contributed by atoms with Crippen LogP contribution in [0.1, 0.15) is 6.42 Å². The molecule has 17 heavy (non-hydrogen) atoms. The van der Waals surface area contributed by atoms with Gasteiger partial charge in [0, 0.05) is 6.54 Å². The maximum atomic E-state index is 12.2. The Labute approximate surface area is 99.2 Å². The Morgan fingerprint density at radius 3 is 2.41 bits per heavy atom. The molecule has 0 bridgehead atoms. The van der Waals surface area contributed by atoms with Crippen LogP contribution in [0.15, 0.2) is 35.2 Å². The highest BCUT2D eigenvalue weighted by Crippen LogP contribution is 2.51. The van der Waals surface area contributed by atoms with Crippen molar-refractivity contribution in [1.82, 2.24) is 0 Å². The Kier molecular flexibility index (Phi) is 2.71. The van der Waals surface area contributed by atoms with E-state index in [1.54, 1.807) is 18.2 Å². The molecule has 1 aromatic rings. The summed E-state index contributed by atoms with van der Waals surface area (Å²) in [5.41, 5.74) is 4.09. The molecule has 0 unspecified atom stereocenters. The number of carboxylic acids is 1. The lowest BCUT2D eigenvalue weighted by molar-refractivity contribution is -0.142. The monoisotopic (exact) mass is 255 g/mol. The first-order chi connectivity index (χ1) is 7.95. The summed E-state index contributed by atoms with van der Waals surface area (Å²) in [4.78, 5) is 11.2. The third-order valence-electron chi connectivity index (χ3n) is 3.24. The largest absolute Gasteiger partial charge is 0.481 e. The van der Waals surface area contributed by atoms with Crippen molar-refractivity contribution >= 4 is 15.8 Å². The zero-order chi connectivity index (χ0) is 12.7. The Morgan fingerprint density at radius 2 is 2.00 bits per heavy atom. The van der Waals surface area contributed by atoms with Gasteiger partial charge in [0.15, 0.2) is 9.84 Å². The predicted molar refractivity (Wildman–Crippen MR) is 61.2 cm³/mol. The molecule has 1 fully saturated rings. The van der Waals surface area contributed by atoms with E-state index >= 15 is 0 Å². The molecule has 92 valence electrons. The SMILES string of the molecule is NC[C@]1(C(=O)O)C[C@@H]1S(=O)(=O)c1ccccc1. The molecule has 2 rings (SSSR count). The van der Waals surface area contributed by atoms with Crippen molar-refractivity contribution in [3.8, 4) is 0 Å². The second kappa shape index (κ2) is 3.82. The van der Waals surface area contributed by atoms with Gasteiger partial charge in [-0.1, -0.05) is 18.2 Å². The maximum Gasteiger partial charge on any atom is 0.312 e. The summed E-state index contributed by atoms with van der Waals surface area (Å²) in [5, 5.41) is 8.14. The number of nitrogens with two attached hydrogens (primary N) is 1. The molecule has 1 saturated carbocycles. The highest BCUT2D eigenvalue weighted by Gasteiger charge is 2.66. The molecule has 2 atom stereocenters. The third kappa shape index (κ3) is 1.73. The van der Waals surface area contributed by atoms with Gasteiger partial charge in [-0.25, -0.2) is 8.42 Å². The van der Waals surface area contributed by atoms with Crippen LogP contribution in [0.2, 0.25) is 0 Å². The Bertz CT molecular complexity index is 540. The number of hydrogen-bond acceptors (Lipinski definition) is 4. The summed E-state index contributed by atoms with van der Waals surface area (Å²) < 4.78 is 24.3. The zero-order valence-electron chi connectivity index (χ0n) is 9.04. The van der Waals surface area contributed by atoms with Crippen molar-refractivity contribution in [3.05, 3.63) is 30.3 Å². The minimum absolute atomic E-state index is 0.0933. The van der Waals surface area contributed by atoms with Crippen molar-refractivity contribution in [2.45, 2.75) is 16.6 Å². The van der Waals surface area contributed by atoms with Crippen LogP contribution in [-0.2, 0) is 14.6 Å². The van der Waals surface area contributed by atoms with E-state index in [4.69, 9.17) is 10.8 Å². The van der Waals surface area contributed by atoms with E-state index in [0.717, 1.165) is 0 Å². The minimum Gasteiger partial charge on any atom is -0.481 e. The Morgan fingerprint density at radius 1 is 1.41 bits per heavy atom. The lowest BCUT2D eigenvalue weighted by Crippen LogP contribution is -2.31. The normalized spacial score (nSPS) is 27.7. The van der Waals surface area contributed by atoms with Crippen molar-refractivity contribution in [3.63, 3.8) is 0 Å². The van der Waals surface area contributed by atoms with Gasteiger partial charge in [0.2, 0.25) is 0 Å². The standard InChI is InChI=1S/C11H13NO4S/c12-7-11(10(13)14)6-9(11)17(15,16)8-4-2-1-3-5-8/h1-5,9H,6-7,12H2,(H,13,14)/t9-,11+/m0/s1. The lowest BCUT2D eigenvalue weighted by atomic mass is 10.1. The molecular weight excluding hydrogens is 242 g/mol. The highest BCUT2D eigenvalue weighted by atomic mass is 32.2. The zero-order valence-corrected chi connectivity index (χ0v) is 9.85. The molecule has 5 nitrogen and oxygen atoms in total. The van der Waals surface area contributed by atoms with Gasteiger partial charge < -0.3 is 10.8 Å². The van der Waals surface area contributed by atoms with Crippen LogP contribution in [0.25, 0.3) is 0 Å². The van der Waals surface area contributed by atoms with Crippen molar-refractivity contribution < 1.29 is 18.3 Å². The van der Waals surface area contributed by atoms with Gasteiger partial charge in [0.1, 0.15) is 0 Å². The summed E-state index contributed by atoms with van der Waals surface area (Å²) in [6.45, 7) is -0.154. The molecule has 0 saturated heterocycles. The minimum atomic E-state index is -3.59. The maximum absolute atomic E-state index is 12.2. The molecule has 0 radical (unpaired) electrons. The average molecular weight is 255 g/mol. The highest BCUT2D eigenvalue weighted by molar-refractivity contribution is 7.92. The topological polar surface area (TPSA) is 97.5 Å². The fourth-order valence-electron chi connectivity index (χ4n) is 1.98. The molecule has 3 N–H and O–H groups in total. The molecule has 6 heteroatoms. The Hall–Kier alpha value is -1.40. The molecule has 0 aromatic heterocycles. The van der Waals surface area contributed by atoms with Crippen molar-refractivity contribution in [2.24, 2.45) is 11.1 Å². The average Bonchev–Trinajstić information content (AvgIpc) is 3.07. The van der Waals surface area contributed by atoms with Gasteiger partial charge in [-0.3, -0.25) is 4.79 Å². The summed E-state index contributed by atoms with van der Waals surface area (Å²) >= 11 is 0. The van der Waals surface area contributed by atoms with E-state index in [1.807, 2.05) is 0 Å². The number of rotatable bonds is 4. The van der Waals surface area contributed by atoms with Gasteiger partial charge in [-0.05, 0) is 18.6 Å². The Balaban J connectivity index is 2.36. The summed E-state index contributed by atoms with van der Waals surface area (Å²) in [6, 6.07) is 7.87. The first-order valence-electron chi connectivity index (χ1n) is 5.17. The number of carbonyl (C=O) groups is 1. The molecular formula is C11H13NO4S. The summed E-state index contributed by atoms with van der Waals surface area (Å²) in [6.07, 6.45) is 0.0933. The second-order valence-electron chi connectivity index (χ2n) is 4.22. The van der Waals surface area contributed by atoms with Crippen LogP contribution >= 0.6 is 0 Å². The van der Waals surface area contributed by atoms with Crippen LogP contribution in [-0.4, -0.2) is 31.3 Å². The van der Waals surface area contributed by atoms with Crippen molar-refractivity contribution in [2.75, 3.05) is 6.54 Å². The van der Waals surface area contributed by atoms with E-state index in [-0.39, 0.29) is 17.9 Å². The lowest BCUT2D eigenvalue weighted by Gasteiger charge is -2.09. The molecule has 1 aromatic carbocycles. The number of carboxylic acid groups (broad SMARTS) is 1. The smallest absolute Gasteiger partial charge is 0.312 e. The molecule has 0 spiro atoms. The van der Waals surface area contributed by atoms with E-state index in [0.29, 0.717) is 0 Å². The van der Waals surface area contributed by atoms with E-state index in [1.165, 1.54) is 12.1 Å². The van der Waals surface area contributed by atoms with Crippen LogP contribution in [0.5, 0.6) is 0 Å². The fraction of sp³-hybridized carbons (Fsp3) is 0.364. The van der Waals surface area contributed by atoms with Crippen LogP contribution < -0.4 is 5.73 Å². The summed E-state index contributed by atoms with van der Waals surface area (Å²) in [5.74, 6) is -1.13. The van der Waals surface area contributed by atoms with Gasteiger partial charge in [-0.15, -0.1) is 0 Å². The first-order valence-corrected chi connectivity index (χ1v) is 6.72. The van der Waals surface area contributed by atoms with Gasteiger partial charge in [-0.2, -0.15) is 0 Å². The van der Waals surface area contributed by atoms with E-state index in [9.17, 15) is 13.2 Å². The first kappa shape index (κ1) is 12.1. The van der Waals surface area contributed by atoms with E-state index in [2.05, 4.69) is 0 Å². The second-order valence-corrected chi connectivity index (χ2v) is 6.35. The molecule has 0 heterocycles. The van der Waals surface area contributed by atoms with Crippen LogP contribution in [0.3, 0.4) is 0 Å². The van der Waals surface area contributed by atoms with Gasteiger partial charge >= 0.3 is 5.97 Å². The van der Waals surface area contributed by atoms with Gasteiger partial charge in [0.05, 0.1) is 15.6 Å². The van der Waals surface area contributed by atoms with Gasteiger partial charge in [0.25, 0.3) is 0 Å². The van der Waals surface area contributed by atoms with Crippen LogP contribution in [0.4, 0.5) is 0 Å². The fourth-order valence-corrected chi connectivity index (χ4v) is 4.15. The van der Waals surface area contributed by atoms with Crippen molar-refractivity contribution in [1.29, 1.82) is 0 Å². The number of hydrogen-bond donors (Lipinski definition) is 2.